The fourth-order valence-corrected chi connectivity index (χ4v) is 3.34. The molecule has 2 heterocycles. The van der Waals surface area contributed by atoms with E-state index >= 15 is 0 Å². The quantitative estimate of drug-likeness (QED) is 0.228. The highest BCUT2D eigenvalue weighted by molar-refractivity contribution is 6.02. The smallest absolute Gasteiger partial charge is 0.340 e. The first-order valence-corrected chi connectivity index (χ1v) is 9.18. The van der Waals surface area contributed by atoms with Crippen molar-refractivity contribution in [2.75, 3.05) is 7.11 Å². The van der Waals surface area contributed by atoms with Gasteiger partial charge < -0.3 is 13.6 Å². The number of ether oxygens (including phenoxy) is 1. The molecule has 3 aromatic carbocycles. The van der Waals surface area contributed by atoms with Crippen molar-refractivity contribution in [3.63, 3.8) is 0 Å². The summed E-state index contributed by atoms with van der Waals surface area (Å²) in [5.74, 6) is -0.0218. The second-order valence-corrected chi connectivity index (χ2v) is 6.64. The SMILES string of the molecule is COC(=O)c1cccc2oc(-c3cccc4oc(-c5cccc([N+](=O)[O-])c5)nc34)nc12. The lowest BCUT2D eigenvalue weighted by atomic mass is 10.2. The van der Waals surface area contributed by atoms with Crippen molar-refractivity contribution in [2.24, 2.45) is 0 Å². The summed E-state index contributed by atoms with van der Waals surface area (Å²) in [5.41, 5.74) is 3.02. The molecule has 9 heteroatoms. The molecule has 2 aromatic heterocycles. The van der Waals surface area contributed by atoms with Crippen LogP contribution in [0.15, 0.2) is 69.5 Å². The third-order valence-corrected chi connectivity index (χ3v) is 4.78. The van der Waals surface area contributed by atoms with Crippen LogP contribution in [0.4, 0.5) is 5.69 Å². The number of oxazole rings is 2. The Bertz CT molecular complexity index is 1480. The second kappa shape index (κ2) is 7.06. The van der Waals surface area contributed by atoms with Gasteiger partial charge in [0.1, 0.15) is 11.0 Å². The number of benzene rings is 3. The Balaban J connectivity index is 1.66. The van der Waals surface area contributed by atoms with Crippen LogP contribution in [0.2, 0.25) is 0 Å². The summed E-state index contributed by atoms with van der Waals surface area (Å²) >= 11 is 0. The zero-order chi connectivity index (χ0) is 21.5. The fourth-order valence-electron chi connectivity index (χ4n) is 3.34. The van der Waals surface area contributed by atoms with E-state index in [1.807, 2.05) is 0 Å². The van der Waals surface area contributed by atoms with Gasteiger partial charge in [-0.3, -0.25) is 10.1 Å². The molecule has 0 aliphatic carbocycles. The van der Waals surface area contributed by atoms with E-state index in [1.165, 1.54) is 19.2 Å². The number of nitro benzene ring substituents is 1. The van der Waals surface area contributed by atoms with Crippen LogP contribution in [0.3, 0.4) is 0 Å². The van der Waals surface area contributed by atoms with Crippen molar-refractivity contribution in [2.45, 2.75) is 0 Å². The highest BCUT2D eigenvalue weighted by Crippen LogP contribution is 2.34. The molecule has 9 nitrogen and oxygen atoms in total. The number of carbonyl (C=O) groups excluding carboxylic acids is 1. The second-order valence-electron chi connectivity index (χ2n) is 6.64. The van der Waals surface area contributed by atoms with Gasteiger partial charge >= 0.3 is 5.97 Å². The van der Waals surface area contributed by atoms with Crippen LogP contribution in [-0.2, 0) is 4.74 Å². The number of nitrogens with zero attached hydrogens (tertiary/aromatic N) is 3. The van der Waals surface area contributed by atoms with E-state index < -0.39 is 10.9 Å². The molecule has 0 spiro atoms. The van der Waals surface area contributed by atoms with Crippen molar-refractivity contribution in [1.29, 1.82) is 0 Å². The Morgan fingerprint density at radius 3 is 2.39 bits per heavy atom. The summed E-state index contributed by atoms with van der Waals surface area (Å²) in [5, 5.41) is 11.1. The Labute approximate surface area is 174 Å². The molecule has 0 saturated carbocycles. The average molecular weight is 415 g/mol. The normalized spacial score (nSPS) is 11.1. The molecule has 0 radical (unpaired) electrons. The number of hydrogen-bond acceptors (Lipinski definition) is 8. The maximum absolute atomic E-state index is 12.0. The van der Waals surface area contributed by atoms with Crippen LogP contribution in [0.25, 0.3) is 45.1 Å². The molecule has 5 rings (SSSR count). The van der Waals surface area contributed by atoms with Gasteiger partial charge in [-0.05, 0) is 30.3 Å². The number of nitro groups is 1. The van der Waals surface area contributed by atoms with E-state index in [4.69, 9.17) is 13.6 Å². The van der Waals surface area contributed by atoms with Crippen LogP contribution < -0.4 is 0 Å². The van der Waals surface area contributed by atoms with Crippen LogP contribution in [0.5, 0.6) is 0 Å². The topological polar surface area (TPSA) is 122 Å². The third kappa shape index (κ3) is 3.08. The summed E-state index contributed by atoms with van der Waals surface area (Å²) < 4.78 is 16.5. The van der Waals surface area contributed by atoms with Gasteiger partial charge in [-0.15, -0.1) is 0 Å². The minimum atomic E-state index is -0.516. The minimum absolute atomic E-state index is 0.0609. The molecule has 0 atom stereocenters. The standard InChI is InChI=1S/C22H13N3O6/c1-29-22(26)15-8-4-10-17-19(15)24-21(31-17)14-7-3-9-16-18(14)23-20(30-16)12-5-2-6-13(11-12)25(27)28/h2-11H,1H3. The molecule has 31 heavy (non-hydrogen) atoms. The number of para-hydroxylation sites is 2. The van der Waals surface area contributed by atoms with E-state index in [-0.39, 0.29) is 17.5 Å². The van der Waals surface area contributed by atoms with E-state index in [1.54, 1.807) is 48.5 Å². The van der Waals surface area contributed by atoms with E-state index in [0.29, 0.717) is 38.9 Å². The van der Waals surface area contributed by atoms with Crippen molar-refractivity contribution in [3.8, 4) is 22.9 Å². The number of methoxy groups -OCH3 is 1. The largest absolute Gasteiger partial charge is 0.465 e. The molecular weight excluding hydrogens is 402 g/mol. The molecule has 0 N–H and O–H groups in total. The predicted octanol–water partition coefficient (Wildman–Crippen LogP) is 5.00. The van der Waals surface area contributed by atoms with E-state index in [2.05, 4.69) is 9.97 Å². The Hall–Kier alpha value is -4.53. The molecule has 0 aliphatic heterocycles. The number of carbonyl (C=O) groups is 1. The highest BCUT2D eigenvalue weighted by Gasteiger charge is 2.20. The summed E-state index contributed by atoms with van der Waals surface area (Å²) in [6, 6.07) is 16.3. The van der Waals surface area contributed by atoms with Gasteiger partial charge in [0.25, 0.3) is 5.69 Å². The van der Waals surface area contributed by atoms with E-state index in [9.17, 15) is 14.9 Å². The molecule has 5 aromatic rings. The number of non-ortho nitro benzene ring substituents is 1. The lowest BCUT2D eigenvalue weighted by molar-refractivity contribution is -0.384. The highest BCUT2D eigenvalue weighted by atomic mass is 16.6. The lowest BCUT2D eigenvalue weighted by Crippen LogP contribution is -2.01. The Morgan fingerprint density at radius 1 is 0.935 bits per heavy atom. The molecule has 0 unspecified atom stereocenters. The molecule has 0 aliphatic rings. The molecule has 0 amide bonds. The average Bonchev–Trinajstić information content (AvgIpc) is 3.42. The number of rotatable bonds is 4. The molecule has 0 bridgehead atoms. The van der Waals surface area contributed by atoms with Gasteiger partial charge in [-0.2, -0.15) is 0 Å². The Kier molecular flexibility index (Phi) is 4.21. The number of hydrogen-bond donors (Lipinski definition) is 0. The van der Waals surface area contributed by atoms with Crippen molar-refractivity contribution >= 4 is 33.9 Å². The summed E-state index contributed by atoms with van der Waals surface area (Å²) in [6.45, 7) is 0. The molecule has 0 fully saturated rings. The monoisotopic (exact) mass is 415 g/mol. The van der Waals surface area contributed by atoms with Crippen LogP contribution >= 0.6 is 0 Å². The van der Waals surface area contributed by atoms with Gasteiger partial charge in [-0.1, -0.05) is 18.2 Å². The maximum atomic E-state index is 12.0. The van der Waals surface area contributed by atoms with Gasteiger partial charge in [0.2, 0.25) is 11.8 Å². The minimum Gasteiger partial charge on any atom is -0.465 e. The fraction of sp³-hybridized carbons (Fsp3) is 0.0455. The van der Waals surface area contributed by atoms with Gasteiger partial charge in [0.15, 0.2) is 11.2 Å². The molecule has 152 valence electrons. The van der Waals surface area contributed by atoms with Crippen molar-refractivity contribution in [1.82, 2.24) is 9.97 Å². The summed E-state index contributed by atoms with van der Waals surface area (Å²) in [6.07, 6.45) is 0. The molecular formula is C22H13N3O6. The number of aromatic nitrogens is 2. The summed E-state index contributed by atoms with van der Waals surface area (Å²) in [7, 11) is 1.30. The van der Waals surface area contributed by atoms with Gasteiger partial charge in [0, 0.05) is 17.7 Å². The van der Waals surface area contributed by atoms with Gasteiger partial charge in [0.05, 0.1) is 23.2 Å². The third-order valence-electron chi connectivity index (χ3n) is 4.78. The van der Waals surface area contributed by atoms with Crippen LogP contribution in [0.1, 0.15) is 10.4 Å². The Morgan fingerprint density at radius 2 is 1.61 bits per heavy atom. The van der Waals surface area contributed by atoms with Crippen LogP contribution in [-0.4, -0.2) is 28.0 Å². The zero-order valence-electron chi connectivity index (χ0n) is 16.1. The van der Waals surface area contributed by atoms with Crippen LogP contribution in [0, 0.1) is 10.1 Å². The first-order valence-electron chi connectivity index (χ1n) is 9.18. The van der Waals surface area contributed by atoms with Crippen molar-refractivity contribution in [3.05, 3.63) is 76.3 Å². The van der Waals surface area contributed by atoms with Gasteiger partial charge in [-0.25, -0.2) is 14.8 Å². The number of esters is 1. The van der Waals surface area contributed by atoms with Crippen molar-refractivity contribution < 1.29 is 23.3 Å². The lowest BCUT2D eigenvalue weighted by Gasteiger charge is -1.97. The maximum Gasteiger partial charge on any atom is 0.340 e. The zero-order valence-corrected chi connectivity index (χ0v) is 16.1. The number of fused-ring (bicyclic) bond motifs is 2. The first kappa shape index (κ1) is 18.5. The first-order chi connectivity index (χ1) is 15.0. The van der Waals surface area contributed by atoms with E-state index in [0.717, 1.165) is 0 Å². The molecule has 0 saturated heterocycles. The summed E-state index contributed by atoms with van der Waals surface area (Å²) in [4.78, 5) is 31.6. The predicted molar refractivity (Wildman–Crippen MR) is 110 cm³/mol.